The summed E-state index contributed by atoms with van der Waals surface area (Å²) in [7, 11) is 0. The molecule has 0 aliphatic heterocycles. The number of rotatable bonds is 14. The number of benzene rings is 2. The molecule has 0 bridgehead atoms. The second kappa shape index (κ2) is 12.9. The van der Waals surface area contributed by atoms with Gasteiger partial charge < -0.3 is 29.2 Å². The smallest absolute Gasteiger partial charge is 0.119 e. The van der Waals surface area contributed by atoms with E-state index in [-0.39, 0.29) is 44.1 Å². The fourth-order valence-electron chi connectivity index (χ4n) is 3.20. The lowest BCUT2D eigenvalue weighted by Crippen LogP contribution is -2.25. The molecule has 184 valence electrons. The van der Waals surface area contributed by atoms with E-state index in [2.05, 4.69) is 26.0 Å². The second-order valence-electron chi connectivity index (χ2n) is 9.37. The van der Waals surface area contributed by atoms with Crippen LogP contribution in [0, 0.1) is 0 Å². The fraction of sp³-hybridized carbons (Fsp3) is 0.556. The first-order chi connectivity index (χ1) is 15.6. The zero-order valence-electron chi connectivity index (χ0n) is 20.8. The summed E-state index contributed by atoms with van der Waals surface area (Å²) in [4.78, 5) is 0. The quantitative estimate of drug-likeness (QED) is 0.437. The summed E-state index contributed by atoms with van der Waals surface area (Å²) in [6.45, 7) is 12.8. The van der Waals surface area contributed by atoms with Crippen LogP contribution in [0.15, 0.2) is 48.5 Å². The Bertz CT molecular complexity index is 765. The van der Waals surface area contributed by atoms with Gasteiger partial charge in [0.15, 0.2) is 0 Å². The van der Waals surface area contributed by atoms with E-state index in [1.807, 2.05) is 64.1 Å². The highest BCUT2D eigenvalue weighted by Crippen LogP contribution is 2.34. The molecule has 0 aliphatic carbocycles. The molecule has 6 heteroatoms. The zero-order valence-corrected chi connectivity index (χ0v) is 20.8. The van der Waals surface area contributed by atoms with Crippen LogP contribution in [0.3, 0.4) is 0 Å². The van der Waals surface area contributed by atoms with Gasteiger partial charge in [-0.25, -0.2) is 0 Å². The number of hydrogen-bond acceptors (Lipinski definition) is 6. The molecule has 0 amide bonds. The van der Waals surface area contributed by atoms with Gasteiger partial charge in [0.25, 0.3) is 0 Å². The van der Waals surface area contributed by atoms with E-state index in [1.54, 1.807) is 0 Å². The van der Waals surface area contributed by atoms with Gasteiger partial charge in [-0.05, 0) is 63.1 Å². The maximum Gasteiger partial charge on any atom is 0.119 e. The first-order valence-corrected chi connectivity index (χ1v) is 11.6. The van der Waals surface area contributed by atoms with Crippen molar-refractivity contribution in [3.63, 3.8) is 0 Å². The minimum Gasteiger partial charge on any atom is -0.491 e. The van der Waals surface area contributed by atoms with Crippen molar-refractivity contribution in [1.82, 2.24) is 0 Å². The Balaban J connectivity index is 2.02. The Morgan fingerprint density at radius 3 is 1.42 bits per heavy atom. The van der Waals surface area contributed by atoms with Crippen molar-refractivity contribution < 1.29 is 29.2 Å². The van der Waals surface area contributed by atoms with Gasteiger partial charge in [-0.15, -0.1) is 0 Å². The molecule has 0 aromatic heterocycles. The van der Waals surface area contributed by atoms with Crippen LogP contribution in [-0.2, 0) is 14.9 Å². The molecule has 0 heterocycles. The maximum absolute atomic E-state index is 10.1. The van der Waals surface area contributed by atoms with E-state index in [1.165, 1.54) is 0 Å². The van der Waals surface area contributed by atoms with Crippen LogP contribution in [0.5, 0.6) is 11.5 Å². The zero-order chi connectivity index (χ0) is 24.4. The second-order valence-corrected chi connectivity index (χ2v) is 9.37. The Hall–Kier alpha value is -2.12. The van der Waals surface area contributed by atoms with E-state index < -0.39 is 12.2 Å². The van der Waals surface area contributed by atoms with Crippen molar-refractivity contribution in [2.75, 3.05) is 26.4 Å². The number of aliphatic hydroxyl groups is 2. The largest absolute Gasteiger partial charge is 0.491 e. The van der Waals surface area contributed by atoms with Crippen molar-refractivity contribution in [3.05, 3.63) is 59.7 Å². The van der Waals surface area contributed by atoms with Gasteiger partial charge in [0, 0.05) is 5.41 Å². The van der Waals surface area contributed by atoms with Gasteiger partial charge in [0.05, 0.1) is 25.4 Å². The topological polar surface area (TPSA) is 77.4 Å². The summed E-state index contributed by atoms with van der Waals surface area (Å²) >= 11 is 0. The molecular formula is C27H40O6. The normalized spacial score (nSPS) is 13.9. The Kier molecular flexibility index (Phi) is 10.6. The van der Waals surface area contributed by atoms with Crippen molar-refractivity contribution in [3.8, 4) is 11.5 Å². The van der Waals surface area contributed by atoms with Crippen LogP contribution in [0.25, 0.3) is 0 Å². The summed E-state index contributed by atoms with van der Waals surface area (Å²) in [5.41, 5.74) is 1.85. The minimum atomic E-state index is -0.681. The first kappa shape index (κ1) is 27.1. The first-order valence-electron chi connectivity index (χ1n) is 11.6. The summed E-state index contributed by atoms with van der Waals surface area (Å²) in [5, 5.41) is 20.1. The van der Waals surface area contributed by atoms with Gasteiger partial charge in [-0.2, -0.15) is 0 Å². The van der Waals surface area contributed by atoms with E-state index >= 15 is 0 Å². The molecule has 0 saturated heterocycles. The molecule has 2 atom stereocenters. The predicted octanol–water partition coefficient (Wildman–Crippen LogP) is 4.34. The number of aliphatic hydroxyl groups excluding tert-OH is 2. The maximum atomic E-state index is 10.1. The molecule has 2 unspecified atom stereocenters. The molecule has 0 saturated carbocycles. The third-order valence-corrected chi connectivity index (χ3v) is 5.24. The summed E-state index contributed by atoms with van der Waals surface area (Å²) in [6, 6.07) is 15.8. The molecule has 2 aromatic rings. The minimum absolute atomic E-state index is 0.0696. The summed E-state index contributed by atoms with van der Waals surface area (Å²) in [6.07, 6.45) is -1.22. The molecule has 0 aliphatic rings. The highest BCUT2D eigenvalue weighted by Gasteiger charge is 2.24. The van der Waals surface area contributed by atoms with Crippen LogP contribution in [0.1, 0.15) is 52.7 Å². The van der Waals surface area contributed by atoms with Gasteiger partial charge in [-0.1, -0.05) is 38.1 Å². The molecule has 0 spiro atoms. The highest BCUT2D eigenvalue weighted by molar-refractivity contribution is 5.43. The van der Waals surface area contributed by atoms with E-state index in [4.69, 9.17) is 18.9 Å². The van der Waals surface area contributed by atoms with Crippen molar-refractivity contribution in [2.45, 2.75) is 71.4 Å². The van der Waals surface area contributed by atoms with Gasteiger partial charge in [0.1, 0.15) is 36.9 Å². The average Bonchev–Trinajstić information content (AvgIpc) is 2.79. The Labute approximate surface area is 198 Å². The predicted molar refractivity (Wildman–Crippen MR) is 130 cm³/mol. The summed E-state index contributed by atoms with van der Waals surface area (Å²) in [5.74, 6) is 1.40. The Morgan fingerprint density at radius 1 is 0.667 bits per heavy atom. The van der Waals surface area contributed by atoms with Crippen molar-refractivity contribution in [1.29, 1.82) is 0 Å². The highest BCUT2D eigenvalue weighted by atomic mass is 16.5. The van der Waals surface area contributed by atoms with Crippen LogP contribution < -0.4 is 9.47 Å². The third-order valence-electron chi connectivity index (χ3n) is 5.24. The Morgan fingerprint density at radius 2 is 1.06 bits per heavy atom. The van der Waals surface area contributed by atoms with Crippen LogP contribution >= 0.6 is 0 Å². The third kappa shape index (κ3) is 9.33. The standard InChI is InChI=1S/C27H40O6/c1-19(2)30-15-23(28)17-32-25-11-7-9-21(13-25)27(5,6)22-10-8-12-26(14-22)33-18-24(29)16-31-20(3)4/h7-14,19-20,23-24,28-29H,15-18H2,1-6H3. The number of ether oxygens (including phenoxy) is 4. The molecule has 2 N–H and O–H groups in total. The van der Waals surface area contributed by atoms with E-state index in [0.29, 0.717) is 11.5 Å². The van der Waals surface area contributed by atoms with Crippen LogP contribution in [0.2, 0.25) is 0 Å². The average molecular weight is 461 g/mol. The fourth-order valence-corrected chi connectivity index (χ4v) is 3.20. The molecule has 6 nitrogen and oxygen atoms in total. The SMILES string of the molecule is CC(C)OCC(O)COc1cccc(C(C)(C)c2cccc(OCC(O)COC(C)C)c2)c1. The lowest BCUT2D eigenvalue weighted by atomic mass is 9.78. The van der Waals surface area contributed by atoms with Gasteiger partial charge >= 0.3 is 0 Å². The molecule has 0 radical (unpaired) electrons. The monoisotopic (exact) mass is 460 g/mol. The van der Waals surface area contributed by atoms with E-state index in [0.717, 1.165) is 11.1 Å². The van der Waals surface area contributed by atoms with Crippen LogP contribution in [0.4, 0.5) is 0 Å². The van der Waals surface area contributed by atoms with E-state index in [9.17, 15) is 10.2 Å². The molecule has 2 aromatic carbocycles. The van der Waals surface area contributed by atoms with Crippen molar-refractivity contribution >= 4 is 0 Å². The molecule has 33 heavy (non-hydrogen) atoms. The molecular weight excluding hydrogens is 420 g/mol. The van der Waals surface area contributed by atoms with Gasteiger partial charge in [-0.3, -0.25) is 0 Å². The van der Waals surface area contributed by atoms with Gasteiger partial charge in [0.2, 0.25) is 0 Å². The number of hydrogen-bond donors (Lipinski definition) is 2. The summed E-state index contributed by atoms with van der Waals surface area (Å²) < 4.78 is 22.5. The molecule has 0 fully saturated rings. The van der Waals surface area contributed by atoms with Crippen LogP contribution in [-0.4, -0.2) is 61.1 Å². The lowest BCUT2D eigenvalue weighted by Gasteiger charge is -2.27. The molecule has 2 rings (SSSR count). The van der Waals surface area contributed by atoms with Crippen molar-refractivity contribution in [2.24, 2.45) is 0 Å². The lowest BCUT2D eigenvalue weighted by molar-refractivity contribution is -0.0123.